The number of aryl methyl sites for hydroxylation is 2. The van der Waals surface area contributed by atoms with Gasteiger partial charge in [0.15, 0.2) is 5.16 Å². The van der Waals surface area contributed by atoms with Gasteiger partial charge in [-0.1, -0.05) is 43.2 Å². The van der Waals surface area contributed by atoms with E-state index in [4.69, 9.17) is 9.47 Å². The molecule has 0 radical (unpaired) electrons. The highest BCUT2D eigenvalue weighted by atomic mass is 32.2. The van der Waals surface area contributed by atoms with E-state index in [-0.39, 0.29) is 17.6 Å². The van der Waals surface area contributed by atoms with E-state index >= 15 is 0 Å². The van der Waals surface area contributed by atoms with Crippen LogP contribution in [0.3, 0.4) is 0 Å². The molecule has 1 aromatic heterocycles. The number of thioether (sulfide) groups is 1. The monoisotopic (exact) mass is 548 g/mol. The summed E-state index contributed by atoms with van der Waals surface area (Å²) in [5, 5.41) is 3.65. The molecule has 0 unspecified atom stereocenters. The van der Waals surface area contributed by atoms with Crippen molar-refractivity contribution in [3.63, 3.8) is 0 Å². The topological polar surface area (TPSA) is 93.7 Å². The molecule has 0 aliphatic heterocycles. The normalized spacial score (nSPS) is 14.4. The van der Waals surface area contributed by atoms with Crippen molar-refractivity contribution in [1.82, 2.24) is 14.9 Å². The van der Waals surface area contributed by atoms with Crippen molar-refractivity contribution in [3.8, 4) is 11.5 Å². The van der Waals surface area contributed by atoms with Gasteiger partial charge in [0.25, 0.3) is 0 Å². The zero-order valence-corrected chi connectivity index (χ0v) is 23.8. The first-order valence-corrected chi connectivity index (χ1v) is 14.2. The van der Waals surface area contributed by atoms with Gasteiger partial charge in [0.05, 0.1) is 20.0 Å². The van der Waals surface area contributed by atoms with Crippen LogP contribution in [-0.4, -0.2) is 52.2 Å². The molecule has 8 nitrogen and oxygen atoms in total. The van der Waals surface area contributed by atoms with E-state index in [1.54, 1.807) is 19.1 Å². The molecule has 2 amide bonds. The van der Waals surface area contributed by atoms with Crippen molar-refractivity contribution >= 4 is 29.3 Å². The molecule has 4 rings (SSSR count). The highest BCUT2D eigenvalue weighted by molar-refractivity contribution is 7.99. The summed E-state index contributed by atoms with van der Waals surface area (Å²) in [6.07, 6.45) is 3.97. The van der Waals surface area contributed by atoms with Crippen LogP contribution in [0.15, 0.2) is 59.8 Å². The van der Waals surface area contributed by atoms with Crippen LogP contribution in [0.5, 0.6) is 11.5 Å². The predicted molar refractivity (Wildman–Crippen MR) is 153 cm³/mol. The molecular formula is C30H36N4O4S. The fourth-order valence-electron chi connectivity index (χ4n) is 5.03. The summed E-state index contributed by atoms with van der Waals surface area (Å²) in [5.74, 6) is 1.30. The van der Waals surface area contributed by atoms with Gasteiger partial charge in [-0.05, 0) is 74.7 Å². The van der Waals surface area contributed by atoms with Crippen LogP contribution in [0.25, 0.3) is 0 Å². The first kappa shape index (κ1) is 28.4. The van der Waals surface area contributed by atoms with Crippen molar-refractivity contribution in [2.75, 3.05) is 25.3 Å². The third kappa shape index (κ3) is 7.09. The Balaban J connectivity index is 1.64. The Bertz CT molecular complexity index is 1250. The fraction of sp³-hybridized carbons (Fsp3) is 0.400. The number of hydrogen-bond donors (Lipinski definition) is 1. The van der Waals surface area contributed by atoms with Crippen molar-refractivity contribution in [1.29, 1.82) is 0 Å². The van der Waals surface area contributed by atoms with Gasteiger partial charge in [-0.25, -0.2) is 9.97 Å². The molecule has 0 bridgehead atoms. The average molecular weight is 549 g/mol. The summed E-state index contributed by atoms with van der Waals surface area (Å²) in [6, 6.07) is 16.8. The number of aromatic nitrogens is 2. The number of nitrogens with zero attached hydrogens (tertiary/aromatic N) is 3. The van der Waals surface area contributed by atoms with Crippen LogP contribution >= 0.6 is 11.8 Å². The van der Waals surface area contributed by atoms with Gasteiger partial charge >= 0.3 is 0 Å². The first-order chi connectivity index (χ1) is 18.8. The largest absolute Gasteiger partial charge is 0.497 e. The number of hydrogen-bond acceptors (Lipinski definition) is 7. The molecule has 1 heterocycles. The highest BCUT2D eigenvalue weighted by Crippen LogP contribution is 2.37. The van der Waals surface area contributed by atoms with E-state index < -0.39 is 5.54 Å². The van der Waals surface area contributed by atoms with E-state index in [2.05, 4.69) is 15.3 Å². The third-order valence-corrected chi connectivity index (χ3v) is 7.89. The van der Waals surface area contributed by atoms with E-state index in [0.29, 0.717) is 36.0 Å². The molecule has 1 N–H and O–H groups in total. The minimum absolute atomic E-state index is 0.120. The molecule has 0 spiro atoms. The number of methoxy groups -OCH3 is 2. The lowest BCUT2D eigenvalue weighted by Crippen LogP contribution is -2.60. The Hall–Kier alpha value is -3.59. The summed E-state index contributed by atoms with van der Waals surface area (Å²) >= 11 is 1.31. The third-order valence-electron chi connectivity index (χ3n) is 7.06. The summed E-state index contributed by atoms with van der Waals surface area (Å²) in [4.78, 5) is 38.8. The summed E-state index contributed by atoms with van der Waals surface area (Å²) in [5.41, 5.74) is 2.34. The zero-order chi connectivity index (χ0) is 27.8. The predicted octanol–water partition coefficient (Wildman–Crippen LogP) is 5.57. The van der Waals surface area contributed by atoms with E-state index in [1.165, 1.54) is 11.8 Å². The van der Waals surface area contributed by atoms with Gasteiger partial charge in [-0.15, -0.1) is 0 Å². The summed E-state index contributed by atoms with van der Waals surface area (Å²) in [6.45, 7) is 4.14. The molecule has 2 aromatic carbocycles. The molecule has 39 heavy (non-hydrogen) atoms. The lowest BCUT2D eigenvalue weighted by atomic mass is 9.79. The number of nitrogens with one attached hydrogen (secondary N) is 1. The number of benzene rings is 2. The SMILES string of the molecule is COc1ccc(CN(C(=O)CSc2nc(C)cc(C)n2)C2(C(=O)Nc3ccc(OC)cc3)CCCCC2)cc1. The standard InChI is InChI=1S/C30H36N4O4S/c1-21-18-22(2)32-29(31-21)39-20-27(35)34(19-23-8-12-25(37-3)13-9-23)30(16-6-5-7-17-30)28(36)33-24-10-14-26(38-4)15-11-24/h8-15,18H,5-7,16-17,19-20H2,1-4H3,(H,33,36). The van der Waals surface area contributed by atoms with Gasteiger partial charge in [0.1, 0.15) is 17.0 Å². The van der Waals surface area contributed by atoms with Crippen LogP contribution < -0.4 is 14.8 Å². The number of anilines is 1. The van der Waals surface area contributed by atoms with E-state index in [0.717, 1.165) is 42.0 Å². The molecule has 9 heteroatoms. The fourth-order valence-corrected chi connectivity index (χ4v) is 5.86. The molecule has 1 fully saturated rings. The molecule has 1 aliphatic rings. The molecular weight excluding hydrogens is 512 g/mol. The van der Waals surface area contributed by atoms with Crippen LogP contribution in [0.1, 0.15) is 49.1 Å². The Morgan fingerprint density at radius 1 is 0.897 bits per heavy atom. The summed E-state index contributed by atoms with van der Waals surface area (Å²) < 4.78 is 10.6. The molecule has 0 saturated heterocycles. The second-order valence-electron chi connectivity index (χ2n) is 9.82. The van der Waals surface area contributed by atoms with Crippen LogP contribution in [-0.2, 0) is 16.1 Å². The van der Waals surface area contributed by atoms with Crippen LogP contribution in [0.4, 0.5) is 5.69 Å². The zero-order valence-electron chi connectivity index (χ0n) is 23.0. The van der Waals surface area contributed by atoms with Gasteiger partial charge in [-0.3, -0.25) is 9.59 Å². The van der Waals surface area contributed by atoms with Crippen LogP contribution in [0, 0.1) is 13.8 Å². The molecule has 1 aliphatic carbocycles. The van der Waals surface area contributed by atoms with E-state index in [9.17, 15) is 9.59 Å². The number of carbonyl (C=O) groups is 2. The Labute approximate surface area is 234 Å². The lowest BCUT2D eigenvalue weighted by molar-refractivity contribution is -0.146. The van der Waals surface area contributed by atoms with Crippen LogP contribution in [0.2, 0.25) is 0 Å². The number of rotatable bonds is 10. The highest BCUT2D eigenvalue weighted by Gasteiger charge is 2.47. The number of carbonyl (C=O) groups excluding carboxylic acids is 2. The smallest absolute Gasteiger partial charge is 0.250 e. The van der Waals surface area contributed by atoms with E-state index in [1.807, 2.05) is 68.4 Å². The Morgan fingerprint density at radius 3 is 2.03 bits per heavy atom. The number of ether oxygens (including phenoxy) is 2. The minimum atomic E-state index is -0.973. The second kappa shape index (κ2) is 13.0. The number of amides is 2. The second-order valence-corrected chi connectivity index (χ2v) is 10.8. The van der Waals surface area contributed by atoms with Crippen molar-refractivity contribution in [2.24, 2.45) is 0 Å². The molecule has 0 atom stereocenters. The lowest BCUT2D eigenvalue weighted by Gasteiger charge is -2.45. The Kier molecular flexibility index (Phi) is 9.45. The molecule has 1 saturated carbocycles. The minimum Gasteiger partial charge on any atom is -0.497 e. The maximum absolute atomic E-state index is 14.1. The van der Waals surface area contributed by atoms with Crippen molar-refractivity contribution < 1.29 is 19.1 Å². The van der Waals surface area contributed by atoms with Gasteiger partial charge in [0, 0.05) is 23.6 Å². The van der Waals surface area contributed by atoms with Gasteiger partial charge in [0.2, 0.25) is 11.8 Å². The van der Waals surface area contributed by atoms with Gasteiger partial charge in [-0.2, -0.15) is 0 Å². The summed E-state index contributed by atoms with van der Waals surface area (Å²) in [7, 11) is 3.23. The molecule has 3 aromatic rings. The van der Waals surface area contributed by atoms with Gasteiger partial charge < -0.3 is 19.7 Å². The maximum Gasteiger partial charge on any atom is 0.250 e. The molecule has 206 valence electrons. The van der Waals surface area contributed by atoms with Crippen molar-refractivity contribution in [2.45, 2.75) is 63.2 Å². The quantitative estimate of drug-likeness (QED) is 0.261. The average Bonchev–Trinajstić information content (AvgIpc) is 2.95. The Morgan fingerprint density at radius 2 is 1.46 bits per heavy atom. The van der Waals surface area contributed by atoms with Crippen molar-refractivity contribution in [3.05, 3.63) is 71.5 Å². The maximum atomic E-state index is 14.1. The first-order valence-electron chi connectivity index (χ1n) is 13.2.